The Kier molecular flexibility index (Phi) is 3.22. The van der Waals surface area contributed by atoms with Crippen LogP contribution >= 0.6 is 11.3 Å². The first-order valence-electron chi connectivity index (χ1n) is 5.08. The molecular formula is C10H12N4O2S2. The molecule has 0 atom stereocenters. The molecule has 1 aromatic heterocycles. The van der Waals surface area contributed by atoms with Gasteiger partial charge in [-0.25, -0.2) is 0 Å². The first kappa shape index (κ1) is 12.8. The van der Waals surface area contributed by atoms with E-state index in [1.54, 1.807) is 12.1 Å². The molecule has 2 aromatic rings. The number of nitrogens with two attached hydrogens (primary N) is 1. The second kappa shape index (κ2) is 4.54. The molecule has 0 unspecified atom stereocenters. The number of aromatic nitrogens is 2. The highest BCUT2D eigenvalue weighted by Gasteiger charge is 2.20. The number of anilines is 2. The van der Waals surface area contributed by atoms with Crippen molar-refractivity contribution in [3.05, 3.63) is 29.3 Å². The van der Waals surface area contributed by atoms with Crippen LogP contribution < -0.4 is 10.5 Å². The SMILES string of the molecule is Cc1cccc(NS(=O)(=O)c2nnc(N)s2)c1C. The second-order valence-electron chi connectivity index (χ2n) is 3.76. The summed E-state index contributed by atoms with van der Waals surface area (Å²) in [4.78, 5) is 0. The smallest absolute Gasteiger partial charge is 0.291 e. The van der Waals surface area contributed by atoms with E-state index in [0.717, 1.165) is 22.5 Å². The predicted molar refractivity (Wildman–Crippen MR) is 71.0 cm³/mol. The lowest BCUT2D eigenvalue weighted by Gasteiger charge is -2.09. The van der Waals surface area contributed by atoms with Crippen molar-refractivity contribution in [3.63, 3.8) is 0 Å². The molecule has 2 rings (SSSR count). The molecule has 6 nitrogen and oxygen atoms in total. The number of rotatable bonds is 3. The molecule has 1 aromatic carbocycles. The van der Waals surface area contributed by atoms with Gasteiger partial charge >= 0.3 is 0 Å². The van der Waals surface area contributed by atoms with E-state index in [1.165, 1.54) is 0 Å². The fraction of sp³-hybridized carbons (Fsp3) is 0.200. The van der Waals surface area contributed by atoms with Gasteiger partial charge < -0.3 is 5.73 Å². The predicted octanol–water partition coefficient (Wildman–Crippen LogP) is 1.54. The zero-order chi connectivity index (χ0) is 13.3. The van der Waals surface area contributed by atoms with Gasteiger partial charge in [-0.2, -0.15) is 8.42 Å². The third-order valence-corrected chi connectivity index (χ3v) is 4.99. The van der Waals surface area contributed by atoms with Gasteiger partial charge in [0.25, 0.3) is 14.4 Å². The highest BCUT2D eigenvalue weighted by molar-refractivity contribution is 7.94. The summed E-state index contributed by atoms with van der Waals surface area (Å²) in [7, 11) is -3.72. The van der Waals surface area contributed by atoms with Crippen LogP contribution in [0.25, 0.3) is 0 Å². The third kappa shape index (κ3) is 2.44. The molecule has 0 spiro atoms. The fourth-order valence-electron chi connectivity index (χ4n) is 1.38. The minimum atomic E-state index is -3.72. The highest BCUT2D eigenvalue weighted by atomic mass is 32.2. The number of nitrogens with one attached hydrogen (secondary N) is 1. The van der Waals surface area contributed by atoms with Gasteiger partial charge in [-0.15, -0.1) is 10.2 Å². The van der Waals surface area contributed by atoms with Crippen molar-refractivity contribution in [2.24, 2.45) is 0 Å². The van der Waals surface area contributed by atoms with E-state index in [0.29, 0.717) is 5.69 Å². The molecule has 0 radical (unpaired) electrons. The third-order valence-electron chi connectivity index (χ3n) is 2.50. The second-order valence-corrected chi connectivity index (χ2v) is 6.62. The quantitative estimate of drug-likeness (QED) is 0.890. The van der Waals surface area contributed by atoms with Gasteiger partial charge in [-0.1, -0.05) is 23.5 Å². The van der Waals surface area contributed by atoms with E-state index in [-0.39, 0.29) is 9.47 Å². The van der Waals surface area contributed by atoms with E-state index in [9.17, 15) is 8.42 Å². The molecule has 3 N–H and O–H groups in total. The maximum atomic E-state index is 12.0. The number of aryl methyl sites for hydroxylation is 1. The summed E-state index contributed by atoms with van der Waals surface area (Å²) in [6, 6.07) is 5.40. The van der Waals surface area contributed by atoms with Gasteiger partial charge in [0.2, 0.25) is 5.13 Å². The van der Waals surface area contributed by atoms with Crippen molar-refractivity contribution in [2.75, 3.05) is 10.5 Å². The minimum absolute atomic E-state index is 0.122. The molecule has 0 bridgehead atoms. The lowest BCUT2D eigenvalue weighted by molar-refractivity contribution is 0.599. The van der Waals surface area contributed by atoms with Crippen molar-refractivity contribution in [2.45, 2.75) is 18.2 Å². The van der Waals surface area contributed by atoms with Gasteiger partial charge in [0.15, 0.2) is 0 Å². The Balaban J connectivity index is 2.37. The Bertz CT molecular complexity index is 679. The summed E-state index contributed by atoms with van der Waals surface area (Å²) in [6.45, 7) is 3.76. The van der Waals surface area contributed by atoms with Crippen LogP contribution in [0.4, 0.5) is 10.8 Å². The summed E-state index contributed by atoms with van der Waals surface area (Å²) < 4.78 is 26.4. The molecule has 0 fully saturated rings. The highest BCUT2D eigenvalue weighted by Crippen LogP contribution is 2.23. The summed E-state index contributed by atoms with van der Waals surface area (Å²) in [5.74, 6) is 0. The molecule has 0 aliphatic carbocycles. The van der Waals surface area contributed by atoms with E-state index in [1.807, 2.05) is 19.9 Å². The van der Waals surface area contributed by atoms with Crippen LogP contribution in [-0.4, -0.2) is 18.6 Å². The van der Waals surface area contributed by atoms with E-state index in [4.69, 9.17) is 5.73 Å². The Morgan fingerprint density at radius 1 is 1.28 bits per heavy atom. The monoisotopic (exact) mass is 284 g/mol. The van der Waals surface area contributed by atoms with Crippen LogP contribution in [0, 0.1) is 13.8 Å². The Morgan fingerprint density at radius 2 is 2.00 bits per heavy atom. The van der Waals surface area contributed by atoms with E-state index < -0.39 is 10.0 Å². The lowest BCUT2D eigenvalue weighted by atomic mass is 10.1. The van der Waals surface area contributed by atoms with Crippen molar-refractivity contribution in [3.8, 4) is 0 Å². The summed E-state index contributed by atoms with van der Waals surface area (Å²) >= 11 is 0.829. The van der Waals surface area contributed by atoms with Crippen molar-refractivity contribution >= 4 is 32.2 Å². The Labute approximate surface area is 109 Å². The van der Waals surface area contributed by atoms with Crippen LogP contribution in [0.3, 0.4) is 0 Å². The number of hydrogen-bond acceptors (Lipinski definition) is 6. The molecule has 1 heterocycles. The van der Waals surface area contributed by atoms with Gasteiger partial charge in [0.05, 0.1) is 5.69 Å². The molecule has 0 aliphatic rings. The first-order chi connectivity index (χ1) is 8.40. The van der Waals surface area contributed by atoms with Gasteiger partial charge in [0.1, 0.15) is 0 Å². The molecular weight excluding hydrogens is 272 g/mol. The maximum Gasteiger partial charge on any atom is 0.291 e. The number of benzene rings is 1. The average molecular weight is 284 g/mol. The molecule has 18 heavy (non-hydrogen) atoms. The summed E-state index contributed by atoms with van der Waals surface area (Å²) in [5, 5.41) is 7.14. The van der Waals surface area contributed by atoms with E-state index >= 15 is 0 Å². The van der Waals surface area contributed by atoms with Crippen LogP contribution in [0.1, 0.15) is 11.1 Å². The average Bonchev–Trinajstić information content (AvgIpc) is 2.72. The standard InChI is InChI=1S/C10H12N4O2S2/c1-6-4-3-5-8(7(6)2)14-18(15,16)10-13-12-9(11)17-10/h3-5,14H,1-2H3,(H2,11,12). The molecule has 0 aliphatic heterocycles. The van der Waals surface area contributed by atoms with E-state index in [2.05, 4.69) is 14.9 Å². The number of sulfonamides is 1. The van der Waals surface area contributed by atoms with Gasteiger partial charge in [-0.3, -0.25) is 4.72 Å². The van der Waals surface area contributed by atoms with Gasteiger partial charge in [0, 0.05) is 0 Å². The summed E-state index contributed by atoms with van der Waals surface area (Å²) in [5.41, 5.74) is 7.79. The number of nitrogen functional groups attached to an aromatic ring is 1. The van der Waals surface area contributed by atoms with Gasteiger partial charge in [-0.05, 0) is 31.0 Å². The van der Waals surface area contributed by atoms with Crippen molar-refractivity contribution < 1.29 is 8.42 Å². The summed E-state index contributed by atoms with van der Waals surface area (Å²) in [6.07, 6.45) is 0. The van der Waals surface area contributed by atoms with Crippen LogP contribution in [0.2, 0.25) is 0 Å². The molecule has 0 saturated heterocycles. The van der Waals surface area contributed by atoms with Crippen molar-refractivity contribution in [1.29, 1.82) is 0 Å². The lowest BCUT2D eigenvalue weighted by Crippen LogP contribution is -2.13. The molecule has 8 heteroatoms. The normalized spacial score (nSPS) is 11.4. The fourth-order valence-corrected chi connectivity index (χ4v) is 3.29. The molecule has 0 saturated carbocycles. The first-order valence-corrected chi connectivity index (χ1v) is 7.38. The number of nitrogens with zero attached hydrogens (tertiary/aromatic N) is 2. The molecule has 96 valence electrons. The Hall–Kier alpha value is -1.67. The Morgan fingerprint density at radius 3 is 2.61 bits per heavy atom. The largest absolute Gasteiger partial charge is 0.374 e. The maximum absolute atomic E-state index is 12.0. The van der Waals surface area contributed by atoms with Crippen molar-refractivity contribution in [1.82, 2.24) is 10.2 Å². The number of hydrogen-bond donors (Lipinski definition) is 2. The van der Waals surface area contributed by atoms with Crippen LogP contribution in [-0.2, 0) is 10.0 Å². The minimum Gasteiger partial charge on any atom is -0.374 e. The molecule has 0 amide bonds. The zero-order valence-corrected chi connectivity index (χ0v) is 11.5. The zero-order valence-electron chi connectivity index (χ0n) is 9.84. The van der Waals surface area contributed by atoms with Crippen LogP contribution in [0.5, 0.6) is 0 Å². The topological polar surface area (TPSA) is 98.0 Å². The van der Waals surface area contributed by atoms with Crippen LogP contribution in [0.15, 0.2) is 22.5 Å².